The van der Waals surface area contributed by atoms with E-state index < -0.39 is 29.3 Å². The van der Waals surface area contributed by atoms with Gasteiger partial charge in [0.2, 0.25) is 0 Å². The minimum absolute atomic E-state index is 0.000815. The molecule has 2 aromatic rings. The third-order valence-electron chi connectivity index (χ3n) is 3.79. The Balaban J connectivity index is 1.96. The summed E-state index contributed by atoms with van der Waals surface area (Å²) in [6.07, 6.45) is 3.16. The van der Waals surface area contributed by atoms with Gasteiger partial charge in [0.1, 0.15) is 11.9 Å². The molecule has 3 nitrogen and oxygen atoms in total. The second-order valence-corrected chi connectivity index (χ2v) is 5.86. The van der Waals surface area contributed by atoms with Crippen LogP contribution in [-0.4, -0.2) is 18.1 Å². The molecular weight excluding hydrogens is 329 g/mol. The van der Waals surface area contributed by atoms with Crippen LogP contribution in [0.2, 0.25) is 5.02 Å². The predicted octanol–water partition coefficient (Wildman–Crippen LogP) is 3.88. The lowest BCUT2D eigenvalue weighted by molar-refractivity contribution is 0.131. The molecule has 0 bridgehead atoms. The van der Waals surface area contributed by atoms with E-state index in [2.05, 4.69) is 10.3 Å². The zero-order chi connectivity index (χ0) is 16.4. The van der Waals surface area contributed by atoms with E-state index in [-0.39, 0.29) is 5.92 Å². The van der Waals surface area contributed by atoms with E-state index in [0.717, 1.165) is 13.0 Å². The fourth-order valence-electron chi connectivity index (χ4n) is 2.72. The SMILES string of the molecule is Fc1cc(F)c(O[C@H](c2cncc(Cl)c2)C2CCNC2)c(F)c1. The van der Waals surface area contributed by atoms with E-state index in [9.17, 15) is 13.2 Å². The van der Waals surface area contributed by atoms with Crippen molar-refractivity contribution >= 4 is 11.6 Å². The van der Waals surface area contributed by atoms with Gasteiger partial charge in [0.25, 0.3) is 0 Å². The predicted molar refractivity (Wildman–Crippen MR) is 79.9 cm³/mol. The van der Waals surface area contributed by atoms with Crippen LogP contribution in [0.3, 0.4) is 0 Å². The molecule has 1 unspecified atom stereocenters. The Kier molecular flexibility index (Phi) is 4.73. The van der Waals surface area contributed by atoms with Gasteiger partial charge >= 0.3 is 0 Å². The molecule has 1 aliphatic heterocycles. The summed E-state index contributed by atoms with van der Waals surface area (Å²) in [5, 5.41) is 3.59. The molecule has 3 rings (SSSR count). The van der Waals surface area contributed by atoms with Crippen molar-refractivity contribution < 1.29 is 17.9 Å². The van der Waals surface area contributed by atoms with Crippen LogP contribution in [0, 0.1) is 23.4 Å². The van der Waals surface area contributed by atoms with Gasteiger partial charge in [-0.2, -0.15) is 0 Å². The topological polar surface area (TPSA) is 34.1 Å². The number of halogens is 4. The molecular formula is C16H14ClF3N2O. The molecule has 7 heteroatoms. The molecule has 1 N–H and O–H groups in total. The fraction of sp³-hybridized carbons (Fsp3) is 0.312. The number of aromatic nitrogens is 1. The van der Waals surface area contributed by atoms with Crippen molar-refractivity contribution in [2.75, 3.05) is 13.1 Å². The normalized spacial score (nSPS) is 18.9. The van der Waals surface area contributed by atoms with Crippen molar-refractivity contribution in [1.29, 1.82) is 0 Å². The quantitative estimate of drug-likeness (QED) is 0.915. The maximum Gasteiger partial charge on any atom is 0.191 e. The Morgan fingerprint density at radius 1 is 1.17 bits per heavy atom. The Hall–Kier alpha value is -1.79. The zero-order valence-corrected chi connectivity index (χ0v) is 12.8. The number of nitrogens with zero attached hydrogens (tertiary/aromatic N) is 1. The Morgan fingerprint density at radius 3 is 2.52 bits per heavy atom. The van der Waals surface area contributed by atoms with Gasteiger partial charge in [-0.05, 0) is 19.0 Å². The molecule has 122 valence electrons. The van der Waals surface area contributed by atoms with Gasteiger partial charge in [-0.25, -0.2) is 13.2 Å². The minimum atomic E-state index is -1.08. The summed E-state index contributed by atoms with van der Waals surface area (Å²) in [7, 11) is 0. The first kappa shape index (κ1) is 16.1. The summed E-state index contributed by atoms with van der Waals surface area (Å²) in [6.45, 7) is 1.43. The average molecular weight is 343 g/mol. The smallest absolute Gasteiger partial charge is 0.191 e. The minimum Gasteiger partial charge on any atom is -0.479 e. The third-order valence-corrected chi connectivity index (χ3v) is 4.00. The highest BCUT2D eigenvalue weighted by atomic mass is 35.5. The van der Waals surface area contributed by atoms with Crippen molar-refractivity contribution in [3.8, 4) is 5.75 Å². The maximum absolute atomic E-state index is 13.9. The molecule has 0 saturated carbocycles. The second-order valence-electron chi connectivity index (χ2n) is 5.43. The summed E-state index contributed by atoms with van der Waals surface area (Å²) in [5.74, 6) is -3.74. The Labute approximate surface area is 136 Å². The van der Waals surface area contributed by atoms with Crippen LogP contribution in [0.25, 0.3) is 0 Å². The van der Waals surface area contributed by atoms with Crippen molar-refractivity contribution in [3.05, 3.63) is 58.6 Å². The molecule has 1 aromatic carbocycles. The highest BCUT2D eigenvalue weighted by molar-refractivity contribution is 6.30. The number of nitrogens with one attached hydrogen (secondary N) is 1. The van der Waals surface area contributed by atoms with Gasteiger partial charge in [0.15, 0.2) is 17.4 Å². The number of hydrogen-bond acceptors (Lipinski definition) is 3. The van der Waals surface area contributed by atoms with Gasteiger partial charge in [-0.1, -0.05) is 11.6 Å². The van der Waals surface area contributed by atoms with Crippen molar-refractivity contribution in [3.63, 3.8) is 0 Å². The number of rotatable bonds is 4. The highest BCUT2D eigenvalue weighted by Gasteiger charge is 2.30. The number of benzene rings is 1. The average Bonchev–Trinajstić information content (AvgIpc) is 3.00. The first-order valence-electron chi connectivity index (χ1n) is 7.17. The Morgan fingerprint density at radius 2 is 1.91 bits per heavy atom. The third kappa shape index (κ3) is 3.59. The number of ether oxygens (including phenoxy) is 1. The van der Waals surface area contributed by atoms with Gasteiger partial charge in [-0.15, -0.1) is 0 Å². The molecule has 1 saturated heterocycles. The molecule has 1 fully saturated rings. The number of hydrogen-bond donors (Lipinski definition) is 1. The summed E-state index contributed by atoms with van der Waals surface area (Å²) in [5.41, 5.74) is 0.620. The molecule has 2 atom stereocenters. The van der Waals surface area contributed by atoms with E-state index in [0.29, 0.717) is 29.3 Å². The van der Waals surface area contributed by atoms with E-state index in [1.54, 1.807) is 12.3 Å². The second kappa shape index (κ2) is 6.76. The molecule has 0 aliphatic carbocycles. The summed E-state index contributed by atoms with van der Waals surface area (Å²) >= 11 is 5.95. The van der Waals surface area contributed by atoms with Crippen LogP contribution < -0.4 is 10.1 Å². The van der Waals surface area contributed by atoms with Crippen molar-refractivity contribution in [2.45, 2.75) is 12.5 Å². The first-order valence-corrected chi connectivity index (χ1v) is 7.55. The highest BCUT2D eigenvalue weighted by Crippen LogP contribution is 2.35. The van der Waals surface area contributed by atoms with E-state index in [1.165, 1.54) is 6.20 Å². The molecule has 2 heterocycles. The van der Waals surface area contributed by atoms with E-state index in [1.807, 2.05) is 0 Å². The molecule has 0 spiro atoms. The van der Waals surface area contributed by atoms with Crippen LogP contribution in [0.1, 0.15) is 18.1 Å². The lowest BCUT2D eigenvalue weighted by Crippen LogP contribution is -2.22. The lowest BCUT2D eigenvalue weighted by atomic mass is 9.96. The van der Waals surface area contributed by atoms with E-state index in [4.69, 9.17) is 16.3 Å². The fourth-order valence-corrected chi connectivity index (χ4v) is 2.91. The van der Waals surface area contributed by atoms with Crippen molar-refractivity contribution in [1.82, 2.24) is 10.3 Å². The summed E-state index contributed by atoms with van der Waals surface area (Å²) < 4.78 is 46.4. The van der Waals surface area contributed by atoms with E-state index >= 15 is 0 Å². The van der Waals surface area contributed by atoms with Crippen LogP contribution in [0.5, 0.6) is 5.75 Å². The maximum atomic E-state index is 13.9. The molecule has 0 radical (unpaired) electrons. The molecule has 23 heavy (non-hydrogen) atoms. The standard InChI is InChI=1S/C16H14ClF3N2O/c17-11-3-10(7-22-8-11)15(9-1-2-21-6-9)23-16-13(19)4-12(18)5-14(16)20/h3-5,7-9,15,21H,1-2,6H2/t9?,15-/m0/s1. The van der Waals surface area contributed by atoms with Gasteiger partial charge in [0, 0.05) is 42.6 Å². The lowest BCUT2D eigenvalue weighted by Gasteiger charge is -2.25. The van der Waals surface area contributed by atoms with Crippen LogP contribution in [-0.2, 0) is 0 Å². The van der Waals surface area contributed by atoms with Gasteiger partial charge < -0.3 is 10.1 Å². The van der Waals surface area contributed by atoms with Crippen molar-refractivity contribution in [2.24, 2.45) is 5.92 Å². The molecule has 1 aromatic heterocycles. The summed E-state index contributed by atoms with van der Waals surface area (Å²) in [4.78, 5) is 4.00. The van der Waals surface area contributed by atoms with Gasteiger partial charge in [0.05, 0.1) is 5.02 Å². The first-order chi connectivity index (χ1) is 11.0. The van der Waals surface area contributed by atoms with Crippen LogP contribution in [0.15, 0.2) is 30.6 Å². The monoisotopic (exact) mass is 342 g/mol. The largest absolute Gasteiger partial charge is 0.479 e. The molecule has 0 amide bonds. The van der Waals surface area contributed by atoms with Gasteiger partial charge in [-0.3, -0.25) is 4.98 Å². The summed E-state index contributed by atoms with van der Waals surface area (Å²) in [6, 6.07) is 2.84. The Bertz CT molecular complexity index is 684. The zero-order valence-electron chi connectivity index (χ0n) is 12.0. The number of pyridine rings is 1. The van der Waals surface area contributed by atoms with Crippen LogP contribution in [0.4, 0.5) is 13.2 Å². The van der Waals surface area contributed by atoms with Crippen LogP contribution >= 0.6 is 11.6 Å². The molecule has 1 aliphatic rings.